The van der Waals surface area contributed by atoms with Crippen LogP contribution >= 0.6 is 0 Å². The molecule has 0 aliphatic heterocycles. The van der Waals surface area contributed by atoms with Crippen molar-refractivity contribution in [2.24, 2.45) is 5.41 Å². The van der Waals surface area contributed by atoms with E-state index in [1.165, 1.54) is 11.6 Å². The third kappa shape index (κ3) is 3.95. The molecular formula is C17H21NO4. The predicted octanol–water partition coefficient (Wildman–Crippen LogP) is 2.78. The average Bonchev–Trinajstić information content (AvgIpc) is 3.02. The lowest BCUT2D eigenvalue weighted by molar-refractivity contribution is -0.149. The molecule has 0 radical (unpaired) electrons. The highest BCUT2D eigenvalue weighted by Crippen LogP contribution is 2.42. The van der Waals surface area contributed by atoms with Gasteiger partial charge in [0.25, 0.3) is 5.91 Å². The SMILES string of the molecule is O=C(/C=C/c1ccc(CCC2(C(=O)O)CCCC2)cc1)NO. The normalized spacial score (nSPS) is 16.8. The van der Waals surface area contributed by atoms with Gasteiger partial charge in [-0.2, -0.15) is 0 Å². The first-order chi connectivity index (χ1) is 10.6. The van der Waals surface area contributed by atoms with Gasteiger partial charge in [-0.25, -0.2) is 5.48 Å². The fourth-order valence-corrected chi connectivity index (χ4v) is 3.01. The minimum absolute atomic E-state index is 0.544. The number of rotatable bonds is 6. The van der Waals surface area contributed by atoms with Crippen LogP contribution in [0.2, 0.25) is 0 Å². The Balaban J connectivity index is 1.95. The van der Waals surface area contributed by atoms with E-state index in [1.807, 2.05) is 24.3 Å². The largest absolute Gasteiger partial charge is 0.481 e. The summed E-state index contributed by atoms with van der Waals surface area (Å²) in [5, 5.41) is 17.9. The molecule has 1 aliphatic carbocycles. The van der Waals surface area contributed by atoms with Crippen molar-refractivity contribution in [2.45, 2.75) is 38.5 Å². The Kier molecular flexibility index (Phi) is 5.33. The van der Waals surface area contributed by atoms with E-state index >= 15 is 0 Å². The van der Waals surface area contributed by atoms with Gasteiger partial charge in [-0.1, -0.05) is 37.1 Å². The molecule has 0 heterocycles. The molecule has 1 aromatic rings. The van der Waals surface area contributed by atoms with E-state index < -0.39 is 17.3 Å². The number of carbonyl (C=O) groups excluding carboxylic acids is 1. The van der Waals surface area contributed by atoms with Crippen LogP contribution in [0.3, 0.4) is 0 Å². The van der Waals surface area contributed by atoms with Crippen LogP contribution in [-0.2, 0) is 16.0 Å². The number of amides is 1. The van der Waals surface area contributed by atoms with E-state index in [4.69, 9.17) is 5.21 Å². The summed E-state index contributed by atoms with van der Waals surface area (Å²) in [6.45, 7) is 0. The molecule has 0 atom stereocenters. The molecular weight excluding hydrogens is 282 g/mol. The zero-order valence-corrected chi connectivity index (χ0v) is 12.4. The summed E-state index contributed by atoms with van der Waals surface area (Å²) in [4.78, 5) is 22.4. The molecule has 22 heavy (non-hydrogen) atoms. The van der Waals surface area contributed by atoms with E-state index in [0.717, 1.165) is 43.2 Å². The summed E-state index contributed by atoms with van der Waals surface area (Å²) in [6.07, 6.45) is 7.82. The Morgan fingerprint density at radius 1 is 1.18 bits per heavy atom. The minimum atomic E-state index is -0.667. The number of carbonyl (C=O) groups is 2. The molecule has 5 heteroatoms. The van der Waals surface area contributed by atoms with Crippen LogP contribution in [0, 0.1) is 5.41 Å². The molecule has 3 N–H and O–H groups in total. The molecule has 0 bridgehead atoms. The maximum absolute atomic E-state index is 11.5. The van der Waals surface area contributed by atoms with Gasteiger partial charge < -0.3 is 5.11 Å². The van der Waals surface area contributed by atoms with Crippen LogP contribution in [0.1, 0.15) is 43.2 Å². The second-order valence-electron chi connectivity index (χ2n) is 5.84. The Morgan fingerprint density at radius 2 is 1.82 bits per heavy atom. The van der Waals surface area contributed by atoms with Crippen molar-refractivity contribution in [3.05, 3.63) is 41.5 Å². The lowest BCUT2D eigenvalue weighted by atomic mass is 9.80. The predicted molar refractivity (Wildman–Crippen MR) is 82.3 cm³/mol. The first-order valence-corrected chi connectivity index (χ1v) is 7.50. The van der Waals surface area contributed by atoms with Crippen molar-refractivity contribution in [1.29, 1.82) is 0 Å². The number of hydrogen-bond donors (Lipinski definition) is 3. The lowest BCUT2D eigenvalue weighted by Crippen LogP contribution is -2.28. The molecule has 1 saturated carbocycles. The van der Waals surface area contributed by atoms with Crippen LogP contribution in [0.25, 0.3) is 6.08 Å². The lowest BCUT2D eigenvalue weighted by Gasteiger charge is -2.23. The summed E-state index contributed by atoms with van der Waals surface area (Å²) in [6, 6.07) is 7.64. The first kappa shape index (κ1) is 16.2. The second kappa shape index (κ2) is 7.22. The first-order valence-electron chi connectivity index (χ1n) is 7.50. The van der Waals surface area contributed by atoms with Crippen molar-refractivity contribution in [2.75, 3.05) is 0 Å². The van der Waals surface area contributed by atoms with Gasteiger partial charge in [0.15, 0.2) is 0 Å². The van der Waals surface area contributed by atoms with Crippen molar-refractivity contribution < 1.29 is 19.9 Å². The van der Waals surface area contributed by atoms with Gasteiger partial charge in [0.1, 0.15) is 0 Å². The van der Waals surface area contributed by atoms with E-state index in [1.54, 1.807) is 6.08 Å². The summed E-state index contributed by atoms with van der Waals surface area (Å²) in [5.74, 6) is -1.24. The number of hydroxylamine groups is 1. The number of aliphatic carboxylic acids is 1. The molecule has 2 rings (SSSR count). The van der Waals surface area contributed by atoms with Crippen LogP contribution in [0.15, 0.2) is 30.3 Å². The van der Waals surface area contributed by atoms with Gasteiger partial charge in [0.2, 0.25) is 0 Å². The van der Waals surface area contributed by atoms with Gasteiger partial charge in [0.05, 0.1) is 5.41 Å². The van der Waals surface area contributed by atoms with Crippen LogP contribution in [0.5, 0.6) is 0 Å². The van der Waals surface area contributed by atoms with Gasteiger partial charge in [-0.15, -0.1) is 0 Å². The fraction of sp³-hybridized carbons (Fsp3) is 0.412. The van der Waals surface area contributed by atoms with Crippen LogP contribution in [0.4, 0.5) is 0 Å². The average molecular weight is 303 g/mol. The maximum Gasteiger partial charge on any atom is 0.309 e. The molecule has 0 aromatic heterocycles. The topological polar surface area (TPSA) is 86.6 Å². The van der Waals surface area contributed by atoms with Gasteiger partial charge >= 0.3 is 5.97 Å². The third-order valence-corrected chi connectivity index (χ3v) is 4.42. The monoisotopic (exact) mass is 303 g/mol. The van der Waals surface area contributed by atoms with Crippen molar-refractivity contribution in [3.63, 3.8) is 0 Å². The molecule has 1 aliphatic rings. The number of carboxylic acid groups (broad SMARTS) is 1. The maximum atomic E-state index is 11.5. The van der Waals surface area contributed by atoms with Crippen molar-refractivity contribution in [3.8, 4) is 0 Å². The molecule has 0 spiro atoms. The Labute approximate surface area is 129 Å². The highest BCUT2D eigenvalue weighted by atomic mass is 16.5. The molecule has 0 unspecified atom stereocenters. The minimum Gasteiger partial charge on any atom is -0.481 e. The van der Waals surface area contributed by atoms with Crippen molar-refractivity contribution >= 4 is 18.0 Å². The van der Waals surface area contributed by atoms with Crippen molar-refractivity contribution in [1.82, 2.24) is 5.48 Å². The molecule has 5 nitrogen and oxygen atoms in total. The summed E-state index contributed by atoms with van der Waals surface area (Å²) in [5.41, 5.74) is 2.93. The quantitative estimate of drug-likeness (QED) is 0.428. The third-order valence-electron chi connectivity index (χ3n) is 4.42. The Bertz CT molecular complexity index is 557. The molecule has 1 aromatic carbocycles. The van der Waals surface area contributed by atoms with Gasteiger partial charge in [-0.05, 0) is 42.9 Å². The zero-order valence-electron chi connectivity index (χ0n) is 12.4. The van der Waals surface area contributed by atoms with E-state index in [9.17, 15) is 14.7 Å². The molecule has 0 saturated heterocycles. The summed E-state index contributed by atoms with van der Waals surface area (Å²) in [7, 11) is 0. The van der Waals surface area contributed by atoms with Gasteiger partial charge in [-0.3, -0.25) is 14.8 Å². The molecule has 1 amide bonds. The number of benzene rings is 1. The summed E-state index contributed by atoms with van der Waals surface area (Å²) < 4.78 is 0. The van der Waals surface area contributed by atoms with E-state index in [2.05, 4.69) is 0 Å². The molecule has 1 fully saturated rings. The highest BCUT2D eigenvalue weighted by Gasteiger charge is 2.40. The van der Waals surface area contributed by atoms with Crippen LogP contribution < -0.4 is 5.48 Å². The van der Waals surface area contributed by atoms with Crippen LogP contribution in [-0.4, -0.2) is 22.2 Å². The standard InChI is InChI=1S/C17H21NO4/c19-15(18-22)8-7-13-3-5-14(6-4-13)9-12-17(16(20)21)10-1-2-11-17/h3-8,22H,1-2,9-12H2,(H,18,19)(H,20,21)/b8-7+. The Morgan fingerprint density at radius 3 is 2.36 bits per heavy atom. The number of aryl methyl sites for hydroxylation is 1. The molecule has 118 valence electrons. The highest BCUT2D eigenvalue weighted by molar-refractivity contribution is 5.90. The second-order valence-corrected chi connectivity index (χ2v) is 5.84. The number of nitrogens with one attached hydrogen (secondary N) is 1. The van der Waals surface area contributed by atoms with E-state index in [0.29, 0.717) is 6.42 Å². The fourth-order valence-electron chi connectivity index (χ4n) is 3.01. The van der Waals surface area contributed by atoms with Gasteiger partial charge in [0, 0.05) is 6.08 Å². The zero-order chi connectivity index (χ0) is 16.0. The summed E-state index contributed by atoms with van der Waals surface area (Å²) >= 11 is 0. The number of hydrogen-bond acceptors (Lipinski definition) is 3. The smallest absolute Gasteiger partial charge is 0.309 e. The Hall–Kier alpha value is -2.14. The van der Waals surface area contributed by atoms with E-state index in [-0.39, 0.29) is 0 Å². The number of carboxylic acids is 1.